The molecule has 0 saturated heterocycles. The monoisotopic (exact) mass is 392 g/mol. The summed E-state index contributed by atoms with van der Waals surface area (Å²) in [7, 11) is 0. The maximum atomic E-state index is 10.8. The summed E-state index contributed by atoms with van der Waals surface area (Å²) in [5.41, 5.74) is 6.33. The van der Waals surface area contributed by atoms with Crippen LogP contribution in [0.3, 0.4) is 0 Å². The molecule has 1 rings (SSSR count). The second-order valence-electron chi connectivity index (χ2n) is 4.70. The van der Waals surface area contributed by atoms with Crippen LogP contribution in [0, 0.1) is 16.0 Å². The Morgan fingerprint density at radius 2 is 2.10 bits per heavy atom. The number of guanidine groups is 1. The maximum absolute atomic E-state index is 10.8. The number of nitro groups is 1. The van der Waals surface area contributed by atoms with Crippen molar-refractivity contribution in [1.82, 2.24) is 5.32 Å². The molecule has 0 spiro atoms. The number of aliphatic imine (C=N–C) groups is 1. The minimum Gasteiger partial charge on any atom is -0.370 e. The number of nitrogens with one attached hydrogen (secondary N) is 1. The number of nitrogens with two attached hydrogens (primary N) is 1. The van der Waals surface area contributed by atoms with Crippen LogP contribution >= 0.6 is 24.0 Å². The number of halogens is 1. The second kappa shape index (κ2) is 9.51. The molecule has 0 aliphatic heterocycles. The standard InChI is InChI=1S/C13H20N4O2.HI/c1-10(2)7-8-15-13(14)16-9-11-5-3-4-6-12(11)17(18)19;/h3-6,10H,7-9H2,1-2H3,(H3,14,15,16);1H. The van der Waals surface area contributed by atoms with E-state index in [0.29, 0.717) is 17.4 Å². The molecule has 3 N–H and O–H groups in total. The molecule has 0 fully saturated rings. The van der Waals surface area contributed by atoms with Gasteiger partial charge >= 0.3 is 0 Å². The molecule has 20 heavy (non-hydrogen) atoms. The van der Waals surface area contributed by atoms with Crippen molar-refractivity contribution < 1.29 is 4.92 Å². The molecule has 0 saturated carbocycles. The zero-order valence-corrected chi connectivity index (χ0v) is 14.0. The van der Waals surface area contributed by atoms with E-state index in [1.54, 1.807) is 18.2 Å². The lowest BCUT2D eigenvalue weighted by atomic mass is 10.1. The first-order chi connectivity index (χ1) is 9.00. The Labute approximate surface area is 136 Å². The van der Waals surface area contributed by atoms with E-state index in [4.69, 9.17) is 5.73 Å². The number of para-hydroxylation sites is 1. The molecule has 0 aliphatic rings. The van der Waals surface area contributed by atoms with E-state index < -0.39 is 4.92 Å². The molecule has 112 valence electrons. The largest absolute Gasteiger partial charge is 0.370 e. The molecule has 0 unspecified atom stereocenters. The summed E-state index contributed by atoms with van der Waals surface area (Å²) >= 11 is 0. The van der Waals surface area contributed by atoms with Gasteiger partial charge in [0, 0.05) is 12.6 Å². The molecule has 0 amide bonds. The van der Waals surface area contributed by atoms with Gasteiger partial charge in [0.05, 0.1) is 17.0 Å². The van der Waals surface area contributed by atoms with Crippen molar-refractivity contribution in [3.8, 4) is 0 Å². The van der Waals surface area contributed by atoms with Crippen LogP contribution in [0.2, 0.25) is 0 Å². The van der Waals surface area contributed by atoms with Gasteiger partial charge in [-0.2, -0.15) is 0 Å². The van der Waals surface area contributed by atoms with Gasteiger partial charge < -0.3 is 11.1 Å². The minimum atomic E-state index is -0.409. The van der Waals surface area contributed by atoms with Crippen LogP contribution in [0.5, 0.6) is 0 Å². The van der Waals surface area contributed by atoms with E-state index in [-0.39, 0.29) is 36.2 Å². The van der Waals surface area contributed by atoms with Crippen molar-refractivity contribution in [3.63, 3.8) is 0 Å². The molecule has 0 aliphatic carbocycles. The van der Waals surface area contributed by atoms with Gasteiger partial charge in [0.25, 0.3) is 5.69 Å². The minimum absolute atomic E-state index is 0. The van der Waals surface area contributed by atoms with Gasteiger partial charge in [-0.15, -0.1) is 24.0 Å². The molecule has 7 heteroatoms. The summed E-state index contributed by atoms with van der Waals surface area (Å²) in [6.45, 7) is 5.21. The van der Waals surface area contributed by atoms with Crippen molar-refractivity contribution in [2.24, 2.45) is 16.6 Å². The van der Waals surface area contributed by atoms with Gasteiger partial charge in [0.1, 0.15) is 0 Å². The zero-order valence-electron chi connectivity index (χ0n) is 11.7. The van der Waals surface area contributed by atoms with E-state index in [2.05, 4.69) is 24.2 Å². The van der Waals surface area contributed by atoms with Crippen LogP contribution < -0.4 is 11.1 Å². The number of benzene rings is 1. The van der Waals surface area contributed by atoms with E-state index in [0.717, 1.165) is 13.0 Å². The number of nitro benzene ring substituents is 1. The van der Waals surface area contributed by atoms with Gasteiger partial charge in [-0.05, 0) is 12.3 Å². The van der Waals surface area contributed by atoms with Crippen LogP contribution in [0.4, 0.5) is 5.69 Å². The Morgan fingerprint density at radius 1 is 1.45 bits per heavy atom. The van der Waals surface area contributed by atoms with Crippen LogP contribution in [0.15, 0.2) is 29.3 Å². The second-order valence-corrected chi connectivity index (χ2v) is 4.70. The Balaban J connectivity index is 0.00000361. The molecule has 1 aromatic carbocycles. The third-order valence-corrected chi connectivity index (χ3v) is 2.64. The van der Waals surface area contributed by atoms with E-state index in [1.807, 2.05) is 0 Å². The highest BCUT2D eigenvalue weighted by molar-refractivity contribution is 14.0. The third-order valence-electron chi connectivity index (χ3n) is 2.64. The molecule has 0 bridgehead atoms. The van der Waals surface area contributed by atoms with Crippen molar-refractivity contribution >= 4 is 35.6 Å². The molecular formula is C13H21IN4O2. The molecule has 1 aromatic rings. The Kier molecular flexibility index (Phi) is 8.86. The predicted octanol–water partition coefficient (Wildman–Crippen LogP) is 2.66. The van der Waals surface area contributed by atoms with Crippen molar-refractivity contribution in [2.75, 3.05) is 6.54 Å². The van der Waals surface area contributed by atoms with Gasteiger partial charge in [0.2, 0.25) is 0 Å². The molecule has 6 nitrogen and oxygen atoms in total. The fourth-order valence-electron chi connectivity index (χ4n) is 1.54. The molecule has 0 atom stereocenters. The number of hydrogen-bond donors (Lipinski definition) is 2. The molecule has 0 aromatic heterocycles. The highest BCUT2D eigenvalue weighted by Crippen LogP contribution is 2.18. The first kappa shape index (κ1) is 18.6. The summed E-state index contributed by atoms with van der Waals surface area (Å²) in [4.78, 5) is 14.5. The number of hydrogen-bond acceptors (Lipinski definition) is 3. The van der Waals surface area contributed by atoms with Gasteiger partial charge in [-0.25, -0.2) is 4.99 Å². The summed E-state index contributed by atoms with van der Waals surface area (Å²) in [6, 6.07) is 6.53. The SMILES string of the molecule is CC(C)CCNC(N)=NCc1ccccc1[N+](=O)[O-].I. The third kappa shape index (κ3) is 6.69. The van der Waals surface area contributed by atoms with E-state index >= 15 is 0 Å². The van der Waals surface area contributed by atoms with Crippen molar-refractivity contribution in [2.45, 2.75) is 26.8 Å². The average Bonchev–Trinajstić information content (AvgIpc) is 2.36. The first-order valence-electron chi connectivity index (χ1n) is 6.26. The first-order valence-corrected chi connectivity index (χ1v) is 6.26. The lowest BCUT2D eigenvalue weighted by molar-refractivity contribution is -0.385. The number of nitrogens with zero attached hydrogens (tertiary/aromatic N) is 2. The van der Waals surface area contributed by atoms with Crippen molar-refractivity contribution in [3.05, 3.63) is 39.9 Å². The van der Waals surface area contributed by atoms with Gasteiger partial charge in [0.15, 0.2) is 5.96 Å². The summed E-state index contributed by atoms with van der Waals surface area (Å²) in [5, 5.41) is 13.8. The highest BCUT2D eigenvalue weighted by Gasteiger charge is 2.11. The summed E-state index contributed by atoms with van der Waals surface area (Å²) in [6.07, 6.45) is 1.00. The van der Waals surface area contributed by atoms with Crippen LogP contribution in [0.25, 0.3) is 0 Å². The Morgan fingerprint density at radius 3 is 2.70 bits per heavy atom. The number of rotatable bonds is 6. The Bertz CT molecular complexity index is 463. The molecule has 0 radical (unpaired) electrons. The smallest absolute Gasteiger partial charge is 0.274 e. The van der Waals surface area contributed by atoms with Crippen molar-refractivity contribution in [1.29, 1.82) is 0 Å². The fourth-order valence-corrected chi connectivity index (χ4v) is 1.54. The molecule has 0 heterocycles. The maximum Gasteiger partial charge on any atom is 0.274 e. The summed E-state index contributed by atoms with van der Waals surface area (Å²) < 4.78 is 0. The average molecular weight is 392 g/mol. The highest BCUT2D eigenvalue weighted by atomic mass is 127. The lowest BCUT2D eigenvalue weighted by Gasteiger charge is -2.07. The zero-order chi connectivity index (χ0) is 14.3. The van der Waals surface area contributed by atoms with E-state index in [9.17, 15) is 10.1 Å². The van der Waals surface area contributed by atoms with E-state index in [1.165, 1.54) is 6.07 Å². The topological polar surface area (TPSA) is 93.5 Å². The fraction of sp³-hybridized carbons (Fsp3) is 0.462. The normalized spacial score (nSPS) is 11.1. The van der Waals surface area contributed by atoms with Crippen LogP contribution in [0.1, 0.15) is 25.8 Å². The van der Waals surface area contributed by atoms with Gasteiger partial charge in [-0.3, -0.25) is 10.1 Å². The van der Waals surface area contributed by atoms with Crippen LogP contribution in [-0.4, -0.2) is 17.4 Å². The quantitative estimate of drug-likeness (QED) is 0.256. The van der Waals surface area contributed by atoms with Gasteiger partial charge in [-0.1, -0.05) is 32.0 Å². The molecular weight excluding hydrogens is 371 g/mol. The Hall–Kier alpha value is -1.38. The summed E-state index contributed by atoms with van der Waals surface area (Å²) in [5.74, 6) is 0.911. The van der Waals surface area contributed by atoms with Crippen LogP contribution in [-0.2, 0) is 6.54 Å². The lowest BCUT2D eigenvalue weighted by Crippen LogP contribution is -2.32. The predicted molar refractivity (Wildman–Crippen MR) is 91.3 cm³/mol.